The smallest absolute Gasteiger partial charge is 0.255 e. The fourth-order valence-corrected chi connectivity index (χ4v) is 5.32. The number of rotatable bonds is 4. The summed E-state index contributed by atoms with van der Waals surface area (Å²) < 4.78 is 25.1. The highest BCUT2D eigenvalue weighted by atomic mass is 35.5. The molecule has 3 aromatic carbocycles. The SMILES string of the molecule is COc1ccccc1-c1cccc(C(=O)N2CCN3C[C@@H](c4ccc(F)c(Cl)c4)OC[C@@H]3C2)c1Cl. The maximum absolute atomic E-state index is 13.5. The van der Waals surface area contributed by atoms with Crippen molar-refractivity contribution in [3.8, 4) is 16.9 Å². The number of para-hydroxylation sites is 1. The quantitative estimate of drug-likeness (QED) is 0.447. The Kier molecular flexibility index (Phi) is 6.98. The number of morpholine rings is 1. The molecule has 3 aromatic rings. The zero-order chi connectivity index (χ0) is 24.5. The molecule has 0 N–H and O–H groups in total. The summed E-state index contributed by atoms with van der Waals surface area (Å²) in [5, 5.41) is 0.508. The number of amides is 1. The van der Waals surface area contributed by atoms with Crippen molar-refractivity contribution in [1.82, 2.24) is 9.80 Å². The van der Waals surface area contributed by atoms with E-state index in [0.717, 1.165) is 23.2 Å². The third-order valence-corrected chi connectivity index (χ3v) is 7.42. The largest absolute Gasteiger partial charge is 0.496 e. The Labute approximate surface area is 213 Å². The van der Waals surface area contributed by atoms with Crippen LogP contribution in [0, 0.1) is 5.82 Å². The van der Waals surface area contributed by atoms with Gasteiger partial charge in [0.25, 0.3) is 5.91 Å². The molecule has 5 nitrogen and oxygen atoms in total. The molecule has 2 aliphatic heterocycles. The molecule has 0 saturated carbocycles. The van der Waals surface area contributed by atoms with Crippen LogP contribution in [0.4, 0.5) is 4.39 Å². The summed E-state index contributed by atoms with van der Waals surface area (Å²) >= 11 is 12.7. The highest BCUT2D eigenvalue weighted by molar-refractivity contribution is 6.36. The molecule has 5 rings (SSSR count). The Morgan fingerprint density at radius 1 is 1.03 bits per heavy atom. The molecule has 0 unspecified atom stereocenters. The molecule has 2 saturated heterocycles. The maximum atomic E-state index is 13.5. The molecule has 1 amide bonds. The average Bonchev–Trinajstić information content (AvgIpc) is 2.89. The lowest BCUT2D eigenvalue weighted by atomic mass is 10.0. The normalized spacial score (nSPS) is 20.4. The van der Waals surface area contributed by atoms with Crippen LogP contribution < -0.4 is 4.74 Å². The van der Waals surface area contributed by atoms with Crippen LogP contribution in [0.15, 0.2) is 60.7 Å². The zero-order valence-electron chi connectivity index (χ0n) is 19.2. The summed E-state index contributed by atoms with van der Waals surface area (Å²) in [5.41, 5.74) is 2.93. The standard InChI is InChI=1S/C27H25Cl2FN2O3/c1-34-24-8-3-2-5-19(24)20-6-4-7-21(26(20)29)27(33)32-12-11-31-15-25(35-16-18(31)14-32)17-9-10-23(30)22(28)13-17/h2-10,13,18,25H,11-12,14-16H2,1H3/t18-,25-/m0/s1. The van der Waals surface area contributed by atoms with Gasteiger partial charge in [-0.05, 0) is 29.8 Å². The van der Waals surface area contributed by atoms with Gasteiger partial charge in [-0.25, -0.2) is 4.39 Å². The van der Waals surface area contributed by atoms with E-state index in [4.69, 9.17) is 32.7 Å². The fraction of sp³-hybridized carbons (Fsp3) is 0.296. The molecule has 2 fully saturated rings. The molecule has 2 atom stereocenters. The monoisotopic (exact) mass is 514 g/mol. The predicted molar refractivity (Wildman–Crippen MR) is 135 cm³/mol. The summed E-state index contributed by atoms with van der Waals surface area (Å²) in [6.07, 6.45) is -0.182. The number of ether oxygens (including phenoxy) is 2. The zero-order valence-corrected chi connectivity index (χ0v) is 20.7. The number of piperazine rings is 1. The number of benzene rings is 3. The topological polar surface area (TPSA) is 42.0 Å². The molecule has 0 aromatic heterocycles. The van der Waals surface area contributed by atoms with Gasteiger partial charge in [0.15, 0.2) is 0 Å². The summed E-state index contributed by atoms with van der Waals surface area (Å²) in [6, 6.07) is 17.9. The number of fused-ring (bicyclic) bond motifs is 1. The number of hydrogen-bond acceptors (Lipinski definition) is 4. The van der Waals surface area contributed by atoms with E-state index in [9.17, 15) is 9.18 Å². The van der Waals surface area contributed by atoms with Crippen LogP contribution in [0.5, 0.6) is 5.75 Å². The van der Waals surface area contributed by atoms with Gasteiger partial charge in [-0.15, -0.1) is 0 Å². The Morgan fingerprint density at radius 2 is 1.83 bits per heavy atom. The van der Waals surface area contributed by atoms with Gasteiger partial charge < -0.3 is 14.4 Å². The van der Waals surface area contributed by atoms with Crippen molar-refractivity contribution in [1.29, 1.82) is 0 Å². The molecule has 2 heterocycles. The molecular weight excluding hydrogens is 490 g/mol. The van der Waals surface area contributed by atoms with E-state index in [2.05, 4.69) is 4.90 Å². The van der Waals surface area contributed by atoms with Crippen LogP contribution in [0.2, 0.25) is 10.0 Å². The average molecular weight is 515 g/mol. The first-order chi connectivity index (χ1) is 17.0. The second-order valence-electron chi connectivity index (χ2n) is 8.76. The molecular formula is C27H25Cl2FN2O3. The van der Waals surface area contributed by atoms with E-state index in [1.165, 1.54) is 6.07 Å². The van der Waals surface area contributed by atoms with Crippen molar-refractivity contribution in [2.45, 2.75) is 12.1 Å². The van der Waals surface area contributed by atoms with E-state index < -0.39 is 5.82 Å². The molecule has 0 spiro atoms. The molecule has 0 aliphatic carbocycles. The molecule has 35 heavy (non-hydrogen) atoms. The van der Waals surface area contributed by atoms with Gasteiger partial charge in [-0.2, -0.15) is 0 Å². The lowest BCUT2D eigenvalue weighted by Gasteiger charge is -2.46. The number of carbonyl (C=O) groups is 1. The summed E-state index contributed by atoms with van der Waals surface area (Å²) in [5.74, 6) is 0.160. The van der Waals surface area contributed by atoms with Crippen molar-refractivity contribution in [2.24, 2.45) is 0 Å². The number of carbonyl (C=O) groups excluding carboxylic acids is 1. The van der Waals surface area contributed by atoms with E-state index in [-0.39, 0.29) is 23.1 Å². The van der Waals surface area contributed by atoms with Crippen molar-refractivity contribution in [3.63, 3.8) is 0 Å². The Morgan fingerprint density at radius 3 is 2.63 bits per heavy atom. The Bertz CT molecular complexity index is 1250. The molecule has 8 heteroatoms. The first-order valence-corrected chi connectivity index (χ1v) is 12.2. The van der Waals surface area contributed by atoms with Crippen molar-refractivity contribution in [3.05, 3.63) is 87.7 Å². The van der Waals surface area contributed by atoms with Crippen LogP contribution in [0.1, 0.15) is 22.0 Å². The Balaban J connectivity index is 1.30. The van der Waals surface area contributed by atoms with Gasteiger partial charge in [0, 0.05) is 37.3 Å². The van der Waals surface area contributed by atoms with Gasteiger partial charge in [0.1, 0.15) is 11.6 Å². The van der Waals surface area contributed by atoms with E-state index in [1.807, 2.05) is 41.3 Å². The minimum atomic E-state index is -0.440. The lowest BCUT2D eigenvalue weighted by Crippen LogP contribution is -2.59. The first kappa shape index (κ1) is 24.1. The van der Waals surface area contributed by atoms with Gasteiger partial charge in [0.05, 0.1) is 41.5 Å². The summed E-state index contributed by atoms with van der Waals surface area (Å²) in [4.78, 5) is 17.7. The van der Waals surface area contributed by atoms with Crippen molar-refractivity contribution < 1.29 is 18.7 Å². The van der Waals surface area contributed by atoms with Gasteiger partial charge in [0.2, 0.25) is 0 Å². The third kappa shape index (κ3) is 4.76. The van der Waals surface area contributed by atoms with Crippen LogP contribution >= 0.6 is 23.2 Å². The van der Waals surface area contributed by atoms with Crippen molar-refractivity contribution in [2.75, 3.05) is 39.9 Å². The van der Waals surface area contributed by atoms with E-state index >= 15 is 0 Å². The van der Waals surface area contributed by atoms with Crippen LogP contribution in [-0.4, -0.2) is 61.6 Å². The fourth-order valence-electron chi connectivity index (χ4n) is 4.83. The van der Waals surface area contributed by atoms with Crippen LogP contribution in [-0.2, 0) is 4.74 Å². The minimum absolute atomic E-state index is 0.0797. The van der Waals surface area contributed by atoms with E-state index in [0.29, 0.717) is 42.6 Å². The number of hydrogen-bond donors (Lipinski definition) is 0. The number of halogens is 3. The maximum Gasteiger partial charge on any atom is 0.255 e. The van der Waals surface area contributed by atoms with Crippen LogP contribution in [0.25, 0.3) is 11.1 Å². The highest BCUT2D eigenvalue weighted by Gasteiger charge is 2.36. The van der Waals surface area contributed by atoms with E-state index in [1.54, 1.807) is 25.3 Å². The second kappa shape index (κ2) is 10.2. The van der Waals surface area contributed by atoms with Crippen LogP contribution in [0.3, 0.4) is 0 Å². The first-order valence-electron chi connectivity index (χ1n) is 11.5. The summed E-state index contributed by atoms with van der Waals surface area (Å²) in [6.45, 7) is 2.98. The number of nitrogens with zero attached hydrogens (tertiary/aromatic N) is 2. The predicted octanol–water partition coefficient (Wildman–Crippen LogP) is 5.71. The van der Waals surface area contributed by atoms with Crippen molar-refractivity contribution >= 4 is 29.1 Å². The number of methoxy groups -OCH3 is 1. The second-order valence-corrected chi connectivity index (χ2v) is 9.55. The Hall–Kier alpha value is -2.64. The summed E-state index contributed by atoms with van der Waals surface area (Å²) in [7, 11) is 1.61. The molecule has 182 valence electrons. The van der Waals surface area contributed by atoms with Gasteiger partial charge in [-0.1, -0.05) is 59.6 Å². The highest BCUT2D eigenvalue weighted by Crippen LogP contribution is 2.37. The van der Waals surface area contributed by atoms with Gasteiger partial charge >= 0.3 is 0 Å². The third-order valence-electron chi connectivity index (χ3n) is 6.72. The minimum Gasteiger partial charge on any atom is -0.496 e. The molecule has 2 aliphatic rings. The van der Waals surface area contributed by atoms with Gasteiger partial charge in [-0.3, -0.25) is 9.69 Å². The molecule has 0 radical (unpaired) electrons. The molecule has 0 bridgehead atoms. The lowest BCUT2D eigenvalue weighted by molar-refractivity contribution is -0.0858.